The van der Waals surface area contributed by atoms with Crippen LogP contribution in [-0.2, 0) is 4.79 Å². The summed E-state index contributed by atoms with van der Waals surface area (Å²) in [5, 5.41) is 18.3. The van der Waals surface area contributed by atoms with Gasteiger partial charge in [0, 0.05) is 51.2 Å². The van der Waals surface area contributed by atoms with Crippen molar-refractivity contribution in [1.82, 2.24) is 29.5 Å². The molecule has 0 spiro atoms. The van der Waals surface area contributed by atoms with E-state index in [0.717, 1.165) is 68.7 Å². The molecule has 3 aromatic rings. The summed E-state index contributed by atoms with van der Waals surface area (Å²) in [4.78, 5) is 30.7. The number of amides is 1. The first-order valence-electron chi connectivity index (χ1n) is 14.5. The Bertz CT molecular complexity index is 1420. The third kappa shape index (κ3) is 4.64. The number of nitrogens with one attached hydrogen (secondary N) is 1. The van der Waals surface area contributed by atoms with E-state index in [1.807, 2.05) is 18.3 Å². The SMILES string of the molecule is N#Cc1ccc2c(c1)C(c1nc(N3CCN(CCN4CCCC4)CC3)nc3nn(C4CCCC4)cc13)C(=O)N2. The maximum absolute atomic E-state index is 13.3. The van der Waals surface area contributed by atoms with Gasteiger partial charge in [-0.05, 0) is 62.5 Å². The molecule has 2 aromatic heterocycles. The van der Waals surface area contributed by atoms with Crippen LogP contribution in [0.1, 0.15) is 67.3 Å². The number of rotatable bonds is 6. The third-order valence-electron chi connectivity index (χ3n) is 8.99. The number of likely N-dealkylation sites (tertiary alicyclic amines) is 1. The van der Waals surface area contributed by atoms with Gasteiger partial charge in [-0.3, -0.25) is 14.4 Å². The third-order valence-corrected chi connectivity index (χ3v) is 8.99. The zero-order valence-corrected chi connectivity index (χ0v) is 22.3. The Kier molecular flexibility index (Phi) is 6.41. The molecule has 1 amide bonds. The molecule has 3 aliphatic heterocycles. The maximum atomic E-state index is 13.3. The molecule has 39 heavy (non-hydrogen) atoms. The van der Waals surface area contributed by atoms with Gasteiger partial charge < -0.3 is 15.1 Å². The first kappa shape index (κ1) is 24.5. The number of carbonyl (C=O) groups excluding carboxylic acids is 1. The van der Waals surface area contributed by atoms with Crippen molar-refractivity contribution in [3.05, 3.63) is 41.2 Å². The zero-order valence-electron chi connectivity index (χ0n) is 22.3. The van der Waals surface area contributed by atoms with E-state index < -0.39 is 5.92 Å². The van der Waals surface area contributed by atoms with Crippen molar-refractivity contribution in [1.29, 1.82) is 5.26 Å². The number of aromatic nitrogens is 4. The van der Waals surface area contributed by atoms with E-state index in [1.54, 1.807) is 6.07 Å². The molecule has 1 saturated carbocycles. The van der Waals surface area contributed by atoms with E-state index in [9.17, 15) is 10.1 Å². The molecule has 1 aromatic carbocycles. The summed E-state index contributed by atoms with van der Waals surface area (Å²) in [7, 11) is 0. The summed E-state index contributed by atoms with van der Waals surface area (Å²) >= 11 is 0. The predicted octanol–water partition coefficient (Wildman–Crippen LogP) is 3.11. The van der Waals surface area contributed by atoms with Crippen molar-refractivity contribution in [3.8, 4) is 6.07 Å². The fraction of sp³-hybridized carbons (Fsp3) is 0.552. The van der Waals surface area contributed by atoms with Gasteiger partial charge in [0.25, 0.3) is 0 Å². The van der Waals surface area contributed by atoms with Gasteiger partial charge in [-0.15, -0.1) is 0 Å². The van der Waals surface area contributed by atoms with Gasteiger partial charge in [0.15, 0.2) is 5.65 Å². The molecule has 1 N–H and O–H groups in total. The average molecular weight is 526 g/mol. The van der Waals surface area contributed by atoms with Crippen molar-refractivity contribution in [2.45, 2.75) is 50.5 Å². The van der Waals surface area contributed by atoms with E-state index in [4.69, 9.17) is 15.1 Å². The number of fused-ring (bicyclic) bond motifs is 2. The Morgan fingerprint density at radius 3 is 2.44 bits per heavy atom. The first-order valence-corrected chi connectivity index (χ1v) is 14.5. The van der Waals surface area contributed by atoms with Crippen LogP contribution in [0.3, 0.4) is 0 Å². The minimum atomic E-state index is -0.597. The second-order valence-electron chi connectivity index (χ2n) is 11.4. The van der Waals surface area contributed by atoms with Crippen molar-refractivity contribution in [3.63, 3.8) is 0 Å². The standard InChI is InChI=1S/C29H35N9O/c30-18-20-7-8-24-22(17-20)25(28(39)31-24)26-23-19-38(21-5-1-2-6-21)34-27(23)33-29(32-26)37-15-13-36(14-16-37)12-11-35-9-3-4-10-35/h7-8,17,19,21,25H,1-6,9-16H2,(H,31,39). The van der Waals surface area contributed by atoms with Crippen LogP contribution in [0, 0.1) is 11.3 Å². The highest BCUT2D eigenvalue weighted by molar-refractivity contribution is 6.06. The summed E-state index contributed by atoms with van der Waals surface area (Å²) in [6.45, 7) is 8.35. The Balaban J connectivity index is 1.21. The molecule has 5 heterocycles. The van der Waals surface area contributed by atoms with Crippen LogP contribution in [0.25, 0.3) is 11.0 Å². The summed E-state index contributed by atoms with van der Waals surface area (Å²) in [5.41, 5.74) is 3.41. The lowest BCUT2D eigenvalue weighted by Gasteiger charge is -2.35. The van der Waals surface area contributed by atoms with E-state index in [1.165, 1.54) is 38.8 Å². The summed E-state index contributed by atoms with van der Waals surface area (Å²) < 4.78 is 2.05. The Morgan fingerprint density at radius 1 is 0.949 bits per heavy atom. The van der Waals surface area contributed by atoms with Gasteiger partial charge in [-0.2, -0.15) is 15.3 Å². The van der Waals surface area contributed by atoms with E-state index in [-0.39, 0.29) is 5.91 Å². The molecule has 7 rings (SSSR count). The van der Waals surface area contributed by atoms with E-state index in [0.29, 0.717) is 28.9 Å². The number of benzene rings is 1. The molecular formula is C29H35N9O. The smallest absolute Gasteiger partial charge is 0.238 e. The van der Waals surface area contributed by atoms with Crippen LogP contribution in [0.5, 0.6) is 0 Å². The van der Waals surface area contributed by atoms with Crippen LogP contribution >= 0.6 is 0 Å². The lowest BCUT2D eigenvalue weighted by atomic mass is 9.94. The predicted molar refractivity (Wildman–Crippen MR) is 149 cm³/mol. The molecule has 4 aliphatic rings. The molecular weight excluding hydrogens is 490 g/mol. The molecule has 3 fully saturated rings. The van der Waals surface area contributed by atoms with Crippen LogP contribution in [0.4, 0.5) is 11.6 Å². The van der Waals surface area contributed by atoms with E-state index in [2.05, 4.69) is 30.8 Å². The summed E-state index contributed by atoms with van der Waals surface area (Å²) in [6.07, 6.45) is 9.34. The fourth-order valence-corrected chi connectivity index (χ4v) is 6.71. The fourth-order valence-electron chi connectivity index (χ4n) is 6.71. The van der Waals surface area contributed by atoms with Gasteiger partial charge >= 0.3 is 0 Å². The van der Waals surface area contributed by atoms with Crippen molar-refractivity contribution < 1.29 is 4.79 Å². The molecule has 202 valence electrons. The Morgan fingerprint density at radius 2 is 1.69 bits per heavy atom. The van der Waals surface area contributed by atoms with Crippen LogP contribution in [0.2, 0.25) is 0 Å². The number of nitrogens with zero attached hydrogens (tertiary/aromatic N) is 8. The normalized spacial score (nSPS) is 22.5. The van der Waals surface area contributed by atoms with Gasteiger partial charge in [-0.25, -0.2) is 4.98 Å². The quantitative estimate of drug-likeness (QED) is 0.523. The average Bonchev–Trinajstić information content (AvgIpc) is 3.77. The van der Waals surface area contributed by atoms with Crippen LogP contribution < -0.4 is 10.2 Å². The zero-order chi connectivity index (χ0) is 26.3. The van der Waals surface area contributed by atoms with Gasteiger partial charge in [0.2, 0.25) is 11.9 Å². The highest BCUT2D eigenvalue weighted by Crippen LogP contribution is 2.40. The minimum Gasteiger partial charge on any atom is -0.338 e. The molecule has 2 saturated heterocycles. The molecule has 10 nitrogen and oxygen atoms in total. The first-order chi connectivity index (χ1) is 19.2. The highest BCUT2D eigenvalue weighted by Gasteiger charge is 2.36. The molecule has 0 radical (unpaired) electrons. The Hall–Kier alpha value is -3.55. The monoisotopic (exact) mass is 525 g/mol. The molecule has 1 unspecified atom stereocenters. The number of hydrogen-bond donors (Lipinski definition) is 1. The minimum absolute atomic E-state index is 0.119. The van der Waals surface area contributed by atoms with E-state index >= 15 is 0 Å². The number of piperazine rings is 1. The molecule has 1 atom stereocenters. The van der Waals surface area contributed by atoms with Crippen molar-refractivity contribution >= 4 is 28.6 Å². The van der Waals surface area contributed by atoms with Crippen molar-refractivity contribution in [2.24, 2.45) is 0 Å². The van der Waals surface area contributed by atoms with Gasteiger partial charge in [-0.1, -0.05) is 12.8 Å². The largest absolute Gasteiger partial charge is 0.338 e. The van der Waals surface area contributed by atoms with Crippen molar-refractivity contribution in [2.75, 3.05) is 62.6 Å². The summed E-state index contributed by atoms with van der Waals surface area (Å²) in [6, 6.07) is 7.94. The lowest BCUT2D eigenvalue weighted by molar-refractivity contribution is -0.116. The molecule has 1 aliphatic carbocycles. The Labute approximate surface area is 228 Å². The maximum Gasteiger partial charge on any atom is 0.238 e. The molecule has 0 bridgehead atoms. The molecule has 10 heteroatoms. The topological polar surface area (TPSA) is 106 Å². The van der Waals surface area contributed by atoms with Crippen LogP contribution in [0.15, 0.2) is 24.4 Å². The number of nitriles is 1. The van der Waals surface area contributed by atoms with Gasteiger partial charge in [0.05, 0.1) is 28.8 Å². The van der Waals surface area contributed by atoms with Gasteiger partial charge in [0.1, 0.15) is 5.92 Å². The second kappa shape index (κ2) is 10.2. The van der Waals surface area contributed by atoms with Crippen LogP contribution in [-0.4, -0.2) is 87.8 Å². The number of anilines is 2. The number of hydrogen-bond acceptors (Lipinski definition) is 8. The lowest BCUT2D eigenvalue weighted by Crippen LogP contribution is -2.48. The highest BCUT2D eigenvalue weighted by atomic mass is 16.2. The number of carbonyl (C=O) groups is 1. The second-order valence-corrected chi connectivity index (χ2v) is 11.4. The summed E-state index contributed by atoms with van der Waals surface area (Å²) in [5.74, 6) is -0.0713.